The van der Waals surface area contributed by atoms with E-state index in [1.807, 2.05) is 0 Å². The van der Waals surface area contributed by atoms with Gasteiger partial charge in [-0.1, -0.05) is 12.1 Å². The average Bonchev–Trinajstić information content (AvgIpc) is 2.42. The number of alkyl carbamates (subject to hydrolysis) is 1. The first kappa shape index (κ1) is 19.9. The quantitative estimate of drug-likeness (QED) is 0.867. The van der Waals surface area contributed by atoms with Gasteiger partial charge in [0.1, 0.15) is 11.4 Å². The molecule has 0 aliphatic carbocycles. The summed E-state index contributed by atoms with van der Waals surface area (Å²) in [6.07, 6.45) is 0.268. The Morgan fingerprint density at radius 1 is 1.33 bits per heavy atom. The van der Waals surface area contributed by atoms with E-state index in [1.54, 1.807) is 51.8 Å². The number of benzene rings is 1. The molecule has 0 radical (unpaired) electrons. The van der Waals surface area contributed by atoms with Crippen molar-refractivity contribution < 1.29 is 18.7 Å². The van der Waals surface area contributed by atoms with Crippen molar-refractivity contribution in [2.45, 2.75) is 52.2 Å². The summed E-state index contributed by atoms with van der Waals surface area (Å²) in [5, 5.41) is 2.70. The fraction of sp³-hybridized carbons (Fsp3) is 0.556. The van der Waals surface area contributed by atoms with Gasteiger partial charge in [0, 0.05) is 26.1 Å². The van der Waals surface area contributed by atoms with Crippen LogP contribution in [0.1, 0.15) is 39.7 Å². The first-order chi connectivity index (χ1) is 11.1. The Kier molecular flexibility index (Phi) is 7.19. The minimum Gasteiger partial charge on any atom is -0.444 e. The molecule has 0 aliphatic heterocycles. The Hall–Kier alpha value is -2.11. The monoisotopic (exact) mass is 338 g/mol. The van der Waals surface area contributed by atoms with Crippen LogP contribution < -0.4 is 5.32 Å². The third-order valence-corrected chi connectivity index (χ3v) is 3.25. The lowest BCUT2D eigenvalue weighted by atomic mass is 10.1. The number of halogens is 1. The van der Waals surface area contributed by atoms with E-state index in [4.69, 9.17) is 4.74 Å². The fourth-order valence-corrected chi connectivity index (χ4v) is 2.20. The summed E-state index contributed by atoms with van der Waals surface area (Å²) in [6, 6.07) is 6.00. The highest BCUT2D eigenvalue weighted by atomic mass is 19.1. The maximum Gasteiger partial charge on any atom is 0.407 e. The molecule has 0 saturated carbocycles. The molecule has 1 aromatic carbocycles. The number of hydrogen-bond acceptors (Lipinski definition) is 3. The van der Waals surface area contributed by atoms with Crippen LogP contribution in [0.2, 0.25) is 0 Å². The number of nitrogens with zero attached hydrogens (tertiary/aromatic N) is 1. The van der Waals surface area contributed by atoms with Crippen LogP contribution in [0.25, 0.3) is 0 Å². The smallest absolute Gasteiger partial charge is 0.407 e. The molecule has 0 aromatic heterocycles. The van der Waals surface area contributed by atoms with Gasteiger partial charge in [-0.2, -0.15) is 0 Å². The molecular formula is C18H27FN2O3. The molecular weight excluding hydrogens is 311 g/mol. The van der Waals surface area contributed by atoms with Gasteiger partial charge in [-0.15, -0.1) is 0 Å². The topological polar surface area (TPSA) is 58.6 Å². The maximum atomic E-state index is 13.1. The molecule has 0 fully saturated rings. The predicted molar refractivity (Wildman–Crippen MR) is 91.2 cm³/mol. The van der Waals surface area contributed by atoms with Crippen molar-refractivity contribution in [2.24, 2.45) is 0 Å². The molecule has 1 unspecified atom stereocenters. The Bertz CT molecular complexity index is 570. The van der Waals surface area contributed by atoms with Crippen molar-refractivity contribution in [2.75, 3.05) is 13.6 Å². The number of nitrogens with one attached hydrogen (secondary N) is 1. The van der Waals surface area contributed by atoms with E-state index in [9.17, 15) is 14.0 Å². The minimum absolute atomic E-state index is 0.0582. The van der Waals surface area contributed by atoms with Crippen LogP contribution in [0.3, 0.4) is 0 Å². The SMILES string of the molecule is CC(CN(C)C(=O)CCc1cccc(F)c1)NC(=O)OC(C)(C)C. The van der Waals surface area contributed by atoms with E-state index >= 15 is 0 Å². The number of aryl methyl sites for hydroxylation is 1. The fourth-order valence-electron chi connectivity index (χ4n) is 2.20. The number of ether oxygens (including phenoxy) is 1. The first-order valence-corrected chi connectivity index (χ1v) is 8.05. The van der Waals surface area contributed by atoms with Crippen LogP contribution in [0.15, 0.2) is 24.3 Å². The summed E-state index contributed by atoms with van der Waals surface area (Å²) in [5.74, 6) is -0.361. The number of likely N-dealkylation sites (N-methyl/N-ethyl adjacent to an activating group) is 1. The lowest BCUT2D eigenvalue weighted by Gasteiger charge is -2.25. The second-order valence-electron chi connectivity index (χ2n) is 6.95. The summed E-state index contributed by atoms with van der Waals surface area (Å²) in [5.41, 5.74) is 0.230. The normalized spacial score (nSPS) is 12.4. The molecule has 1 rings (SSSR count). The van der Waals surface area contributed by atoms with Gasteiger partial charge in [-0.3, -0.25) is 4.79 Å². The van der Waals surface area contributed by atoms with E-state index in [0.717, 1.165) is 5.56 Å². The van der Waals surface area contributed by atoms with Gasteiger partial charge < -0.3 is 15.0 Å². The molecule has 1 aromatic rings. The molecule has 6 heteroatoms. The van der Waals surface area contributed by atoms with Crippen molar-refractivity contribution in [1.29, 1.82) is 0 Å². The van der Waals surface area contributed by atoms with E-state index in [-0.39, 0.29) is 17.8 Å². The largest absolute Gasteiger partial charge is 0.444 e. The van der Waals surface area contributed by atoms with Crippen LogP contribution in [-0.4, -0.2) is 42.1 Å². The van der Waals surface area contributed by atoms with Crippen LogP contribution in [0.5, 0.6) is 0 Å². The number of hydrogen-bond donors (Lipinski definition) is 1. The highest BCUT2D eigenvalue weighted by Gasteiger charge is 2.19. The van der Waals surface area contributed by atoms with Crippen LogP contribution in [0, 0.1) is 5.82 Å². The molecule has 1 atom stereocenters. The minimum atomic E-state index is -0.559. The Labute approximate surface area is 143 Å². The molecule has 0 heterocycles. The van der Waals surface area contributed by atoms with Gasteiger partial charge in [-0.05, 0) is 51.8 Å². The molecule has 0 spiro atoms. The summed E-state index contributed by atoms with van der Waals surface area (Å²) in [6.45, 7) is 7.55. The maximum absolute atomic E-state index is 13.1. The number of amides is 2. The zero-order valence-corrected chi connectivity index (χ0v) is 15.1. The van der Waals surface area contributed by atoms with E-state index < -0.39 is 11.7 Å². The highest BCUT2D eigenvalue weighted by Crippen LogP contribution is 2.08. The molecule has 24 heavy (non-hydrogen) atoms. The lowest BCUT2D eigenvalue weighted by Crippen LogP contribution is -2.44. The van der Waals surface area contributed by atoms with Crippen molar-refractivity contribution in [1.82, 2.24) is 10.2 Å². The van der Waals surface area contributed by atoms with Crippen LogP contribution in [-0.2, 0) is 16.0 Å². The molecule has 0 aliphatic rings. The summed E-state index contributed by atoms with van der Waals surface area (Å²) >= 11 is 0. The first-order valence-electron chi connectivity index (χ1n) is 8.05. The van der Waals surface area contributed by atoms with E-state index in [1.165, 1.54) is 12.1 Å². The molecule has 134 valence electrons. The van der Waals surface area contributed by atoms with Gasteiger partial charge in [0.2, 0.25) is 5.91 Å². The van der Waals surface area contributed by atoms with Gasteiger partial charge in [0.25, 0.3) is 0 Å². The summed E-state index contributed by atoms with van der Waals surface area (Å²) < 4.78 is 18.3. The standard InChI is InChI=1S/C18H27FN2O3/c1-13(20-17(23)24-18(2,3)4)12-21(5)16(22)10-9-14-7-6-8-15(19)11-14/h6-8,11,13H,9-10,12H2,1-5H3,(H,20,23). The molecule has 2 amide bonds. The summed E-state index contributed by atoms with van der Waals surface area (Å²) in [4.78, 5) is 25.4. The number of carbonyl (C=O) groups is 2. The summed E-state index contributed by atoms with van der Waals surface area (Å²) in [7, 11) is 1.68. The zero-order chi connectivity index (χ0) is 18.3. The van der Waals surface area contributed by atoms with Crippen molar-refractivity contribution in [3.05, 3.63) is 35.6 Å². The third-order valence-electron chi connectivity index (χ3n) is 3.25. The van der Waals surface area contributed by atoms with Crippen molar-refractivity contribution >= 4 is 12.0 Å². The second kappa shape index (κ2) is 8.66. The van der Waals surface area contributed by atoms with Crippen molar-refractivity contribution in [3.8, 4) is 0 Å². The highest BCUT2D eigenvalue weighted by molar-refractivity contribution is 5.76. The Balaban J connectivity index is 2.39. The average molecular weight is 338 g/mol. The molecule has 0 bridgehead atoms. The second-order valence-corrected chi connectivity index (χ2v) is 6.95. The Morgan fingerprint density at radius 2 is 2.00 bits per heavy atom. The van der Waals surface area contributed by atoms with E-state index in [0.29, 0.717) is 19.4 Å². The zero-order valence-electron chi connectivity index (χ0n) is 15.1. The molecule has 0 saturated heterocycles. The van der Waals surface area contributed by atoms with Crippen LogP contribution >= 0.6 is 0 Å². The van der Waals surface area contributed by atoms with Crippen LogP contribution in [0.4, 0.5) is 9.18 Å². The van der Waals surface area contributed by atoms with Gasteiger partial charge >= 0.3 is 6.09 Å². The molecule has 5 nitrogen and oxygen atoms in total. The number of rotatable bonds is 6. The lowest BCUT2D eigenvalue weighted by molar-refractivity contribution is -0.130. The number of carbonyl (C=O) groups excluding carboxylic acids is 2. The van der Waals surface area contributed by atoms with Gasteiger partial charge in [-0.25, -0.2) is 9.18 Å². The Morgan fingerprint density at radius 3 is 2.58 bits per heavy atom. The molecule has 1 N–H and O–H groups in total. The van der Waals surface area contributed by atoms with Crippen molar-refractivity contribution in [3.63, 3.8) is 0 Å². The van der Waals surface area contributed by atoms with Gasteiger partial charge in [0.05, 0.1) is 0 Å². The predicted octanol–water partition coefficient (Wildman–Crippen LogP) is 3.13. The van der Waals surface area contributed by atoms with E-state index in [2.05, 4.69) is 5.32 Å². The third kappa shape index (κ3) is 7.94. The van der Waals surface area contributed by atoms with Gasteiger partial charge in [0.15, 0.2) is 0 Å².